The van der Waals surface area contributed by atoms with Gasteiger partial charge >= 0.3 is 11.9 Å². The fraction of sp³-hybridized carbons (Fsp3) is 0.562. The molecule has 0 aliphatic rings. The minimum absolute atomic E-state index is 0.385. The van der Waals surface area contributed by atoms with Crippen LogP contribution in [0.15, 0.2) is 72.8 Å². The van der Waals surface area contributed by atoms with Crippen molar-refractivity contribution in [3.05, 3.63) is 83.9 Å². The summed E-state index contributed by atoms with van der Waals surface area (Å²) in [6.45, 7) is 16.5. The normalized spacial score (nSPS) is 11.4. The van der Waals surface area contributed by atoms with Gasteiger partial charge in [-0.1, -0.05) is 169 Å². The molecule has 0 atom stereocenters. The van der Waals surface area contributed by atoms with Crippen molar-refractivity contribution in [1.29, 1.82) is 0 Å². The van der Waals surface area contributed by atoms with Gasteiger partial charge in [0, 0.05) is 23.3 Å². The monoisotopic (exact) mass is 1020 g/mol. The SMILES string of the molecule is CCCCCCOc1ccc(C=CC(=O)Oc2ccc3cc(OC(=O)C=Cc4ccc(OCCCCCC)c(OCCCCCC)c4OCCCCCC)ccc3c2)c(OCCCCCC)c1OCCCCCC. The van der Waals surface area contributed by atoms with E-state index < -0.39 is 11.9 Å². The van der Waals surface area contributed by atoms with Gasteiger partial charge in [0.25, 0.3) is 0 Å². The first kappa shape index (κ1) is 60.9. The number of hydrogen-bond acceptors (Lipinski definition) is 10. The van der Waals surface area contributed by atoms with E-state index in [2.05, 4.69) is 41.5 Å². The van der Waals surface area contributed by atoms with Gasteiger partial charge in [-0.25, -0.2) is 9.59 Å². The van der Waals surface area contributed by atoms with Gasteiger partial charge < -0.3 is 37.9 Å². The Kier molecular flexibility index (Phi) is 31.3. The van der Waals surface area contributed by atoms with Gasteiger partial charge in [0.15, 0.2) is 23.0 Å². The lowest BCUT2D eigenvalue weighted by Crippen LogP contribution is -2.08. The third-order valence-corrected chi connectivity index (χ3v) is 12.7. The molecule has 0 aliphatic heterocycles. The van der Waals surface area contributed by atoms with Gasteiger partial charge in [0.05, 0.1) is 39.6 Å². The fourth-order valence-corrected chi connectivity index (χ4v) is 8.36. The van der Waals surface area contributed by atoms with Crippen molar-refractivity contribution in [1.82, 2.24) is 0 Å². The van der Waals surface area contributed by atoms with Crippen molar-refractivity contribution in [2.75, 3.05) is 39.6 Å². The van der Waals surface area contributed by atoms with Crippen molar-refractivity contribution in [3.63, 3.8) is 0 Å². The first-order valence-corrected chi connectivity index (χ1v) is 28.8. The van der Waals surface area contributed by atoms with Crippen LogP contribution in [-0.2, 0) is 9.59 Å². The summed E-state index contributed by atoms with van der Waals surface area (Å²) in [6, 6.07) is 18.4. The number of hydrogen-bond donors (Lipinski definition) is 0. The molecule has 0 aromatic heterocycles. The molecule has 4 aromatic carbocycles. The molecule has 0 unspecified atom stereocenters. The molecule has 408 valence electrons. The average Bonchev–Trinajstić information content (AvgIpc) is 3.40. The fourth-order valence-electron chi connectivity index (χ4n) is 8.36. The van der Waals surface area contributed by atoms with Crippen molar-refractivity contribution in [2.24, 2.45) is 0 Å². The van der Waals surface area contributed by atoms with E-state index in [1.165, 1.54) is 25.0 Å². The van der Waals surface area contributed by atoms with Gasteiger partial charge in [-0.15, -0.1) is 0 Å². The molecule has 10 heteroatoms. The van der Waals surface area contributed by atoms with Crippen LogP contribution in [0.2, 0.25) is 0 Å². The van der Waals surface area contributed by atoms with Gasteiger partial charge in [-0.3, -0.25) is 0 Å². The highest BCUT2D eigenvalue weighted by Crippen LogP contribution is 2.43. The summed E-state index contributed by atoms with van der Waals surface area (Å²) in [5, 5.41) is 1.63. The number of benzene rings is 4. The number of rotatable bonds is 42. The highest BCUT2D eigenvalue weighted by molar-refractivity contribution is 5.93. The van der Waals surface area contributed by atoms with Crippen molar-refractivity contribution < 1.29 is 47.5 Å². The molecule has 4 aromatic rings. The zero-order valence-electron chi connectivity index (χ0n) is 46.4. The Morgan fingerprint density at radius 1 is 0.338 bits per heavy atom. The van der Waals surface area contributed by atoms with Gasteiger partial charge in [0.2, 0.25) is 11.5 Å². The summed E-state index contributed by atoms with van der Waals surface area (Å²) in [6.07, 6.45) is 32.2. The molecule has 0 saturated carbocycles. The standard InChI is InChI=1S/C64H92O10/c1-7-13-19-25-43-67-57-39-33-51(61(69-45-27-21-15-9-3)63(57)71-47-29-23-17-11-5)35-41-59(65)73-55-37-31-54-50-56(38-32-53(54)49-55)74-60(66)42-36-52-34-40-58(68-44-26-20-14-8-2)64(72-48-30-24-18-12-6)62(52)70-46-28-22-16-10-4/h31-42,49-50H,7-30,43-48H2,1-6H3. The van der Waals surface area contributed by atoms with Crippen molar-refractivity contribution in [2.45, 2.75) is 196 Å². The zero-order valence-corrected chi connectivity index (χ0v) is 46.4. The lowest BCUT2D eigenvalue weighted by atomic mass is 10.1. The maximum Gasteiger partial charge on any atom is 0.336 e. The predicted octanol–water partition coefficient (Wildman–Crippen LogP) is 17.8. The second-order valence-electron chi connectivity index (χ2n) is 19.3. The molecular weight excluding hydrogens is 929 g/mol. The topological polar surface area (TPSA) is 108 Å². The minimum atomic E-state index is -0.533. The van der Waals surface area contributed by atoms with Crippen molar-refractivity contribution >= 4 is 34.9 Å². The maximum absolute atomic E-state index is 13.4. The maximum atomic E-state index is 13.4. The van der Waals surface area contributed by atoms with Crippen LogP contribution in [0.1, 0.15) is 207 Å². The molecule has 0 bridgehead atoms. The molecule has 74 heavy (non-hydrogen) atoms. The van der Waals surface area contributed by atoms with Crippen LogP contribution in [-0.4, -0.2) is 51.6 Å². The Bertz CT molecular complexity index is 2090. The highest BCUT2D eigenvalue weighted by Gasteiger charge is 2.20. The van der Waals surface area contributed by atoms with Crippen LogP contribution in [0.4, 0.5) is 0 Å². The van der Waals surface area contributed by atoms with E-state index in [-0.39, 0.29) is 0 Å². The largest absolute Gasteiger partial charge is 0.490 e. The van der Waals surface area contributed by atoms with E-state index in [9.17, 15) is 9.59 Å². The average molecular weight is 1020 g/mol. The lowest BCUT2D eigenvalue weighted by Gasteiger charge is -2.19. The highest BCUT2D eigenvalue weighted by atomic mass is 16.6. The Balaban J connectivity index is 1.49. The van der Waals surface area contributed by atoms with E-state index in [0.29, 0.717) is 96.8 Å². The number of esters is 2. The van der Waals surface area contributed by atoms with E-state index >= 15 is 0 Å². The molecule has 4 rings (SSSR count). The summed E-state index contributed by atoms with van der Waals surface area (Å²) in [5.74, 6) is 3.35. The molecule has 0 aliphatic carbocycles. The van der Waals surface area contributed by atoms with E-state index in [1.807, 2.05) is 36.4 Å². The number of unbranched alkanes of at least 4 members (excludes halogenated alkanes) is 18. The first-order chi connectivity index (χ1) is 36.3. The number of carbonyl (C=O) groups excluding carboxylic acids is 2. The quantitative estimate of drug-likeness (QED) is 0.0184. The van der Waals surface area contributed by atoms with E-state index in [0.717, 1.165) is 152 Å². The molecule has 0 N–H and O–H groups in total. The zero-order chi connectivity index (χ0) is 52.9. The van der Waals surface area contributed by atoms with Crippen molar-refractivity contribution in [3.8, 4) is 46.0 Å². The summed E-state index contributed by atoms with van der Waals surface area (Å²) >= 11 is 0. The molecule has 0 fully saturated rings. The van der Waals surface area contributed by atoms with E-state index in [4.69, 9.17) is 37.9 Å². The van der Waals surface area contributed by atoms with Gasteiger partial charge in [-0.05, 0) is 110 Å². The first-order valence-electron chi connectivity index (χ1n) is 28.8. The number of ether oxygens (including phenoxy) is 8. The Labute approximate surface area is 445 Å². The molecule has 0 radical (unpaired) electrons. The molecular formula is C64H92O10. The Morgan fingerprint density at radius 3 is 0.946 bits per heavy atom. The van der Waals surface area contributed by atoms with Crippen LogP contribution in [0.25, 0.3) is 22.9 Å². The second-order valence-corrected chi connectivity index (χ2v) is 19.3. The number of fused-ring (bicyclic) bond motifs is 1. The third kappa shape index (κ3) is 23.3. The van der Waals surface area contributed by atoms with Crippen LogP contribution >= 0.6 is 0 Å². The van der Waals surface area contributed by atoms with Crippen LogP contribution in [0.5, 0.6) is 46.0 Å². The molecule has 0 amide bonds. The summed E-state index contributed by atoms with van der Waals surface area (Å²) in [5.41, 5.74) is 1.42. The molecule has 10 nitrogen and oxygen atoms in total. The Morgan fingerprint density at radius 2 is 0.635 bits per heavy atom. The molecule has 0 spiro atoms. The molecule has 0 heterocycles. The Hall–Kier alpha value is -5.64. The predicted molar refractivity (Wildman–Crippen MR) is 304 cm³/mol. The van der Waals surface area contributed by atoms with Crippen LogP contribution < -0.4 is 37.9 Å². The summed E-state index contributed by atoms with van der Waals surface area (Å²) < 4.78 is 50.0. The summed E-state index contributed by atoms with van der Waals surface area (Å²) in [7, 11) is 0. The van der Waals surface area contributed by atoms with Gasteiger partial charge in [-0.2, -0.15) is 0 Å². The minimum Gasteiger partial charge on any atom is -0.490 e. The second kappa shape index (κ2) is 38.0. The number of carbonyl (C=O) groups is 2. The smallest absolute Gasteiger partial charge is 0.336 e. The third-order valence-electron chi connectivity index (χ3n) is 12.7. The van der Waals surface area contributed by atoms with Gasteiger partial charge in [0.1, 0.15) is 11.5 Å². The lowest BCUT2D eigenvalue weighted by molar-refractivity contribution is -0.129. The van der Waals surface area contributed by atoms with E-state index in [1.54, 1.807) is 36.4 Å². The molecule has 0 saturated heterocycles. The summed E-state index contributed by atoms with van der Waals surface area (Å²) in [4.78, 5) is 26.7. The van der Waals surface area contributed by atoms with Crippen LogP contribution in [0, 0.1) is 0 Å². The van der Waals surface area contributed by atoms with Crippen LogP contribution in [0.3, 0.4) is 0 Å².